The van der Waals surface area contributed by atoms with Crippen molar-refractivity contribution in [2.24, 2.45) is 0 Å². The second-order valence-electron chi connectivity index (χ2n) is 4.77. The van der Waals surface area contributed by atoms with E-state index in [1.54, 1.807) is 19.2 Å². The molecule has 2 aromatic carbocycles. The lowest BCUT2D eigenvalue weighted by Crippen LogP contribution is -2.04. The summed E-state index contributed by atoms with van der Waals surface area (Å²) in [6, 6.07) is 8.39. The molecular weight excluding hydrogens is 312 g/mol. The van der Waals surface area contributed by atoms with E-state index in [4.69, 9.17) is 24.7 Å². The fraction of sp³-hybridized carbons (Fsp3) is 0.235. The number of anilines is 2. The lowest BCUT2D eigenvalue weighted by molar-refractivity contribution is 0.0600. The molecule has 128 valence electrons. The van der Waals surface area contributed by atoms with Gasteiger partial charge in [0.2, 0.25) is 5.75 Å². The Morgan fingerprint density at radius 2 is 1.67 bits per heavy atom. The van der Waals surface area contributed by atoms with Crippen LogP contribution in [0.5, 0.6) is 23.0 Å². The maximum absolute atomic E-state index is 11.8. The Balaban J connectivity index is 2.52. The summed E-state index contributed by atoms with van der Waals surface area (Å²) in [6.07, 6.45) is 0. The fourth-order valence-electron chi connectivity index (χ4n) is 2.18. The quantitative estimate of drug-likeness (QED) is 0.620. The number of nitrogen functional groups attached to an aromatic ring is 1. The van der Waals surface area contributed by atoms with E-state index >= 15 is 0 Å². The first-order valence-electron chi connectivity index (χ1n) is 7.14. The molecule has 0 aromatic heterocycles. The van der Waals surface area contributed by atoms with Crippen LogP contribution in [-0.4, -0.2) is 34.3 Å². The summed E-state index contributed by atoms with van der Waals surface area (Å²) in [5.74, 6) is 0.889. The molecule has 3 N–H and O–H groups in total. The zero-order chi connectivity index (χ0) is 17.7. The van der Waals surface area contributed by atoms with Crippen LogP contribution < -0.4 is 25.3 Å². The highest BCUT2D eigenvalue weighted by Gasteiger charge is 2.20. The van der Waals surface area contributed by atoms with Crippen LogP contribution in [0.2, 0.25) is 0 Å². The first kappa shape index (κ1) is 17.3. The molecule has 0 aliphatic rings. The van der Waals surface area contributed by atoms with Crippen LogP contribution in [0.15, 0.2) is 30.3 Å². The van der Waals surface area contributed by atoms with Gasteiger partial charge in [0.1, 0.15) is 0 Å². The Morgan fingerprint density at radius 1 is 1.04 bits per heavy atom. The number of carbonyl (C=O) groups excluding carboxylic acids is 1. The van der Waals surface area contributed by atoms with Crippen LogP contribution in [0.1, 0.15) is 10.4 Å². The number of methoxy groups -OCH3 is 3. The molecule has 0 radical (unpaired) electrons. The summed E-state index contributed by atoms with van der Waals surface area (Å²) in [4.78, 5) is 11.8. The van der Waals surface area contributed by atoms with E-state index in [-0.39, 0.29) is 5.56 Å². The van der Waals surface area contributed by atoms with E-state index in [1.807, 2.05) is 6.07 Å². The number of hydrogen-bond acceptors (Lipinski definition) is 7. The van der Waals surface area contributed by atoms with E-state index in [0.717, 1.165) is 5.69 Å². The molecule has 0 saturated heterocycles. The molecule has 0 aliphatic carbocycles. The average molecular weight is 332 g/mol. The predicted molar refractivity (Wildman–Crippen MR) is 91.4 cm³/mol. The molecule has 0 atom stereocenters. The molecule has 0 saturated carbocycles. The standard InChI is InChI=1S/C17H20N2O5/c1-19-11-6-5-7-12(15(11)18)24-16-13(21-2)8-10(17(20)23-4)9-14(16)22-3/h5-9,19H,18H2,1-4H3. The number of hydrogen-bond donors (Lipinski definition) is 2. The summed E-state index contributed by atoms with van der Waals surface area (Å²) in [5.41, 5.74) is 7.55. The smallest absolute Gasteiger partial charge is 0.338 e. The Labute approximate surface area is 140 Å². The van der Waals surface area contributed by atoms with Gasteiger partial charge >= 0.3 is 5.97 Å². The van der Waals surface area contributed by atoms with Crippen LogP contribution in [-0.2, 0) is 4.74 Å². The molecule has 0 spiro atoms. The van der Waals surface area contributed by atoms with Gasteiger partial charge in [0.05, 0.1) is 38.3 Å². The van der Waals surface area contributed by atoms with Crippen molar-refractivity contribution in [1.29, 1.82) is 0 Å². The van der Waals surface area contributed by atoms with Gasteiger partial charge in [-0.2, -0.15) is 0 Å². The summed E-state index contributed by atoms with van der Waals surface area (Å²) in [6.45, 7) is 0. The van der Waals surface area contributed by atoms with Crippen LogP contribution in [0, 0.1) is 0 Å². The van der Waals surface area contributed by atoms with Crippen LogP contribution in [0.4, 0.5) is 11.4 Å². The normalized spacial score (nSPS) is 10.0. The van der Waals surface area contributed by atoms with E-state index in [1.165, 1.54) is 33.5 Å². The lowest BCUT2D eigenvalue weighted by Gasteiger charge is -2.17. The van der Waals surface area contributed by atoms with Gasteiger partial charge in [-0.05, 0) is 24.3 Å². The van der Waals surface area contributed by atoms with E-state index in [0.29, 0.717) is 28.7 Å². The van der Waals surface area contributed by atoms with Crippen molar-refractivity contribution in [2.45, 2.75) is 0 Å². The molecule has 0 bridgehead atoms. The third-order valence-electron chi connectivity index (χ3n) is 3.43. The number of ether oxygens (including phenoxy) is 4. The number of carbonyl (C=O) groups is 1. The van der Waals surface area contributed by atoms with Gasteiger partial charge in [0.25, 0.3) is 0 Å². The average Bonchev–Trinajstić information content (AvgIpc) is 2.62. The second kappa shape index (κ2) is 7.45. The van der Waals surface area contributed by atoms with Crippen molar-refractivity contribution in [2.75, 3.05) is 39.4 Å². The Kier molecular flexibility index (Phi) is 5.36. The number of rotatable bonds is 6. The third-order valence-corrected chi connectivity index (χ3v) is 3.43. The lowest BCUT2D eigenvalue weighted by atomic mass is 10.1. The van der Waals surface area contributed by atoms with Crippen molar-refractivity contribution in [3.05, 3.63) is 35.9 Å². The van der Waals surface area contributed by atoms with E-state index in [9.17, 15) is 4.79 Å². The van der Waals surface area contributed by atoms with Crippen molar-refractivity contribution in [1.82, 2.24) is 0 Å². The van der Waals surface area contributed by atoms with Gasteiger partial charge in [-0.1, -0.05) is 6.07 Å². The summed E-state index contributed by atoms with van der Waals surface area (Å²) < 4.78 is 21.3. The first-order chi connectivity index (χ1) is 11.5. The van der Waals surface area contributed by atoms with E-state index in [2.05, 4.69) is 5.32 Å². The largest absolute Gasteiger partial charge is 0.493 e. The van der Waals surface area contributed by atoms with Crippen LogP contribution in [0.25, 0.3) is 0 Å². The number of nitrogens with two attached hydrogens (primary N) is 1. The summed E-state index contributed by atoms with van der Waals surface area (Å²) >= 11 is 0. The summed E-state index contributed by atoms with van der Waals surface area (Å²) in [5, 5.41) is 2.98. The molecular formula is C17H20N2O5. The monoisotopic (exact) mass is 332 g/mol. The third kappa shape index (κ3) is 3.29. The van der Waals surface area contributed by atoms with Gasteiger partial charge in [0.15, 0.2) is 17.2 Å². The van der Waals surface area contributed by atoms with Gasteiger partial charge in [-0.25, -0.2) is 4.79 Å². The van der Waals surface area contributed by atoms with Gasteiger partial charge in [-0.3, -0.25) is 0 Å². The Hall–Kier alpha value is -3.09. The molecule has 0 fully saturated rings. The molecule has 2 aromatic rings. The second-order valence-corrected chi connectivity index (χ2v) is 4.77. The maximum atomic E-state index is 11.8. The minimum atomic E-state index is -0.505. The topological polar surface area (TPSA) is 92.0 Å². The van der Waals surface area contributed by atoms with Crippen molar-refractivity contribution < 1.29 is 23.7 Å². The molecule has 0 aliphatic heterocycles. The highest BCUT2D eigenvalue weighted by molar-refractivity contribution is 5.91. The number of para-hydroxylation sites is 1. The van der Waals surface area contributed by atoms with Crippen LogP contribution >= 0.6 is 0 Å². The molecule has 24 heavy (non-hydrogen) atoms. The highest BCUT2D eigenvalue weighted by Crippen LogP contribution is 2.43. The van der Waals surface area contributed by atoms with Gasteiger partial charge in [-0.15, -0.1) is 0 Å². The maximum Gasteiger partial charge on any atom is 0.338 e. The minimum Gasteiger partial charge on any atom is -0.493 e. The molecule has 2 rings (SSSR count). The van der Waals surface area contributed by atoms with Crippen molar-refractivity contribution >= 4 is 17.3 Å². The van der Waals surface area contributed by atoms with Crippen molar-refractivity contribution in [3.8, 4) is 23.0 Å². The van der Waals surface area contributed by atoms with Crippen molar-refractivity contribution in [3.63, 3.8) is 0 Å². The molecule has 0 heterocycles. The highest BCUT2D eigenvalue weighted by atomic mass is 16.5. The molecule has 0 unspecified atom stereocenters. The molecule has 7 nitrogen and oxygen atoms in total. The predicted octanol–water partition coefficient (Wildman–Crippen LogP) is 2.91. The molecule has 0 amide bonds. The zero-order valence-electron chi connectivity index (χ0n) is 14.0. The number of esters is 1. The Morgan fingerprint density at radius 3 is 2.17 bits per heavy atom. The minimum absolute atomic E-state index is 0.287. The van der Waals surface area contributed by atoms with E-state index < -0.39 is 5.97 Å². The number of benzene rings is 2. The number of nitrogens with one attached hydrogen (secondary N) is 1. The van der Waals surface area contributed by atoms with Gasteiger partial charge in [0, 0.05) is 7.05 Å². The SMILES string of the molecule is CNc1cccc(Oc2c(OC)cc(C(=O)OC)cc2OC)c1N. The molecule has 7 heteroatoms. The summed E-state index contributed by atoms with van der Waals surface area (Å²) in [7, 11) is 6.00. The van der Waals surface area contributed by atoms with Crippen LogP contribution in [0.3, 0.4) is 0 Å². The fourth-order valence-corrected chi connectivity index (χ4v) is 2.18. The first-order valence-corrected chi connectivity index (χ1v) is 7.14. The Bertz CT molecular complexity index is 721. The zero-order valence-corrected chi connectivity index (χ0v) is 14.0. The van der Waals surface area contributed by atoms with Gasteiger partial charge < -0.3 is 30.0 Å².